The Balaban J connectivity index is 2.54. The zero-order valence-electron chi connectivity index (χ0n) is 10.8. The average Bonchev–Trinajstić information content (AvgIpc) is 2.47. The van der Waals surface area contributed by atoms with Crippen LogP contribution in [-0.4, -0.2) is 0 Å². The Bertz CT molecular complexity index is 609. The van der Waals surface area contributed by atoms with Crippen molar-refractivity contribution in [3.8, 4) is 0 Å². The Labute approximate surface area is 111 Å². The van der Waals surface area contributed by atoms with E-state index < -0.39 is 0 Å². The molecule has 4 nitrogen and oxygen atoms in total. The van der Waals surface area contributed by atoms with E-state index in [9.17, 15) is 9.81 Å². The van der Waals surface area contributed by atoms with Crippen molar-refractivity contribution in [2.75, 3.05) is 0 Å². The second-order valence-electron chi connectivity index (χ2n) is 4.51. The van der Waals surface area contributed by atoms with E-state index in [0.717, 1.165) is 11.1 Å². The van der Waals surface area contributed by atoms with Crippen molar-refractivity contribution >= 4 is 11.4 Å². The van der Waals surface area contributed by atoms with Gasteiger partial charge < -0.3 is 0 Å². The van der Waals surface area contributed by atoms with Gasteiger partial charge in [0.25, 0.3) is 0 Å². The van der Waals surface area contributed by atoms with Crippen molar-refractivity contribution in [3.05, 3.63) is 69.0 Å². The van der Waals surface area contributed by atoms with E-state index in [4.69, 9.17) is 0 Å². The monoisotopic (exact) mass is 254 g/mol. The van der Waals surface area contributed by atoms with Crippen molar-refractivity contribution in [1.29, 1.82) is 0 Å². The number of nitrogens with zero attached hydrogens (tertiary/aromatic N) is 2. The van der Waals surface area contributed by atoms with Crippen LogP contribution in [0.1, 0.15) is 29.5 Å². The van der Waals surface area contributed by atoms with E-state index in [0.29, 0.717) is 16.9 Å². The Hall–Kier alpha value is -2.36. The maximum atomic E-state index is 11.0. The molecule has 0 saturated heterocycles. The lowest BCUT2D eigenvalue weighted by Crippen LogP contribution is -1.97. The van der Waals surface area contributed by atoms with E-state index >= 15 is 0 Å². The Kier molecular flexibility index (Phi) is 3.80. The molecule has 2 aromatic carbocycles. The summed E-state index contributed by atoms with van der Waals surface area (Å²) in [4.78, 5) is 21.7. The summed E-state index contributed by atoms with van der Waals surface area (Å²) >= 11 is 0. The number of hydrogen-bond acceptors (Lipinski definition) is 4. The Morgan fingerprint density at radius 2 is 1.58 bits per heavy atom. The molecule has 96 valence electrons. The van der Waals surface area contributed by atoms with Crippen LogP contribution in [0.3, 0.4) is 0 Å². The van der Waals surface area contributed by atoms with Gasteiger partial charge in [0.15, 0.2) is 0 Å². The third-order valence-electron chi connectivity index (χ3n) is 3.31. The Morgan fingerprint density at radius 3 is 2.16 bits per heavy atom. The van der Waals surface area contributed by atoms with Crippen molar-refractivity contribution in [2.24, 2.45) is 10.4 Å². The molecular formula is C15H14N2O2. The predicted molar refractivity (Wildman–Crippen MR) is 76.0 cm³/mol. The van der Waals surface area contributed by atoms with Gasteiger partial charge in [0.05, 0.1) is 0 Å². The lowest BCUT2D eigenvalue weighted by Gasteiger charge is -2.15. The van der Waals surface area contributed by atoms with Gasteiger partial charge in [0.2, 0.25) is 0 Å². The molecule has 0 aliphatic rings. The third-order valence-corrected chi connectivity index (χ3v) is 3.31. The molecule has 0 amide bonds. The summed E-state index contributed by atoms with van der Waals surface area (Å²) < 4.78 is 0. The second kappa shape index (κ2) is 5.52. The van der Waals surface area contributed by atoms with Gasteiger partial charge in [0.1, 0.15) is 11.4 Å². The molecule has 4 heteroatoms. The number of aryl methyl sites for hydroxylation is 1. The molecular weight excluding hydrogens is 240 g/mol. The number of rotatable bonds is 4. The largest absolute Gasteiger partial charge is 0.145 e. The predicted octanol–water partition coefficient (Wildman–Crippen LogP) is 4.94. The summed E-state index contributed by atoms with van der Waals surface area (Å²) in [6, 6.07) is 13.0. The van der Waals surface area contributed by atoms with E-state index in [1.54, 1.807) is 19.1 Å². The van der Waals surface area contributed by atoms with E-state index in [1.165, 1.54) is 0 Å². The topological polar surface area (TPSA) is 58.9 Å². The number of nitroso groups, excluding NO2 is 2. The molecule has 0 heterocycles. The molecule has 0 bridgehead atoms. The first-order valence-corrected chi connectivity index (χ1v) is 6.03. The summed E-state index contributed by atoms with van der Waals surface area (Å²) in [6.45, 7) is 3.71. The summed E-state index contributed by atoms with van der Waals surface area (Å²) in [5, 5.41) is 6.05. The van der Waals surface area contributed by atoms with Crippen LogP contribution in [0.2, 0.25) is 0 Å². The van der Waals surface area contributed by atoms with Crippen molar-refractivity contribution in [1.82, 2.24) is 0 Å². The smallest absolute Gasteiger partial charge is 0.112 e. The molecule has 2 rings (SSSR count). The van der Waals surface area contributed by atoms with Gasteiger partial charge in [-0.05, 0) is 46.1 Å². The fourth-order valence-electron chi connectivity index (χ4n) is 2.14. The second-order valence-corrected chi connectivity index (χ2v) is 4.51. The molecule has 1 unspecified atom stereocenters. The summed E-state index contributed by atoms with van der Waals surface area (Å²) in [7, 11) is 0. The fourth-order valence-corrected chi connectivity index (χ4v) is 2.14. The third kappa shape index (κ3) is 2.57. The van der Waals surface area contributed by atoms with Gasteiger partial charge >= 0.3 is 0 Å². The first-order chi connectivity index (χ1) is 9.17. The molecule has 0 spiro atoms. The summed E-state index contributed by atoms with van der Waals surface area (Å²) in [5.74, 6) is -0.0185. The SMILES string of the molecule is Cc1cc(N=O)c(C(C)c2ccccc2)cc1N=O. The van der Waals surface area contributed by atoms with Gasteiger partial charge in [-0.15, -0.1) is 9.81 Å². The summed E-state index contributed by atoms with van der Waals surface area (Å²) in [6.07, 6.45) is 0. The molecule has 1 atom stereocenters. The van der Waals surface area contributed by atoms with Gasteiger partial charge in [-0.3, -0.25) is 0 Å². The molecule has 0 aliphatic heterocycles. The van der Waals surface area contributed by atoms with Crippen LogP contribution in [-0.2, 0) is 0 Å². The highest BCUT2D eigenvalue weighted by molar-refractivity contribution is 5.61. The van der Waals surface area contributed by atoms with Crippen molar-refractivity contribution in [3.63, 3.8) is 0 Å². The first kappa shape index (κ1) is 13.1. The molecule has 0 N–H and O–H groups in total. The molecule has 0 aromatic heterocycles. The van der Waals surface area contributed by atoms with Crippen LogP contribution in [0.4, 0.5) is 11.4 Å². The zero-order chi connectivity index (χ0) is 13.8. The minimum Gasteiger partial charge on any atom is -0.145 e. The van der Waals surface area contributed by atoms with E-state index in [1.807, 2.05) is 37.3 Å². The molecule has 0 radical (unpaired) electrons. The van der Waals surface area contributed by atoms with Crippen LogP contribution < -0.4 is 0 Å². The maximum absolute atomic E-state index is 11.0. The minimum absolute atomic E-state index is 0.0185. The normalized spacial score (nSPS) is 11.9. The zero-order valence-corrected chi connectivity index (χ0v) is 10.8. The molecule has 0 saturated carbocycles. The van der Waals surface area contributed by atoms with E-state index in [2.05, 4.69) is 10.4 Å². The van der Waals surface area contributed by atoms with Crippen LogP contribution in [0.15, 0.2) is 52.8 Å². The van der Waals surface area contributed by atoms with Gasteiger partial charge in [0, 0.05) is 5.92 Å². The fraction of sp³-hybridized carbons (Fsp3) is 0.200. The highest BCUT2D eigenvalue weighted by Crippen LogP contribution is 2.36. The lowest BCUT2D eigenvalue weighted by atomic mass is 9.91. The van der Waals surface area contributed by atoms with Gasteiger partial charge in [-0.2, -0.15) is 0 Å². The van der Waals surface area contributed by atoms with Crippen LogP contribution in [0.5, 0.6) is 0 Å². The van der Waals surface area contributed by atoms with Gasteiger partial charge in [-0.25, -0.2) is 0 Å². The average molecular weight is 254 g/mol. The molecule has 2 aromatic rings. The molecule has 0 fully saturated rings. The number of hydrogen-bond donors (Lipinski definition) is 0. The van der Waals surface area contributed by atoms with E-state index in [-0.39, 0.29) is 5.92 Å². The lowest BCUT2D eigenvalue weighted by molar-refractivity contribution is 0.920. The quantitative estimate of drug-likeness (QED) is 0.725. The molecule has 0 aliphatic carbocycles. The summed E-state index contributed by atoms with van der Waals surface area (Å²) in [5.41, 5.74) is 3.16. The standard InChI is InChI=1S/C15H14N2O2/c1-10-8-15(17-19)13(9-14(10)16-18)11(2)12-6-4-3-5-7-12/h3-9,11H,1-2H3. The number of benzene rings is 2. The minimum atomic E-state index is -0.0185. The highest BCUT2D eigenvalue weighted by Gasteiger charge is 2.16. The van der Waals surface area contributed by atoms with Crippen LogP contribution >= 0.6 is 0 Å². The highest BCUT2D eigenvalue weighted by atomic mass is 16.3. The Morgan fingerprint density at radius 1 is 0.947 bits per heavy atom. The van der Waals surface area contributed by atoms with Gasteiger partial charge in [-0.1, -0.05) is 37.3 Å². The molecule has 19 heavy (non-hydrogen) atoms. The van der Waals surface area contributed by atoms with Crippen LogP contribution in [0, 0.1) is 16.7 Å². The van der Waals surface area contributed by atoms with Crippen molar-refractivity contribution < 1.29 is 0 Å². The first-order valence-electron chi connectivity index (χ1n) is 6.03. The van der Waals surface area contributed by atoms with Crippen molar-refractivity contribution in [2.45, 2.75) is 19.8 Å². The maximum Gasteiger partial charge on any atom is 0.112 e. The van der Waals surface area contributed by atoms with Crippen LogP contribution in [0.25, 0.3) is 0 Å².